The molecule has 1 aromatic carbocycles. The highest BCUT2D eigenvalue weighted by atomic mass is 19.1. The Labute approximate surface area is 139 Å². The van der Waals surface area contributed by atoms with E-state index in [1.165, 1.54) is 18.5 Å². The van der Waals surface area contributed by atoms with Crippen molar-refractivity contribution in [2.75, 3.05) is 0 Å². The summed E-state index contributed by atoms with van der Waals surface area (Å²) in [5.41, 5.74) is 3.15. The molecule has 1 atom stereocenters. The van der Waals surface area contributed by atoms with Crippen molar-refractivity contribution in [3.05, 3.63) is 53.4 Å². The first kappa shape index (κ1) is 16.3. The van der Waals surface area contributed by atoms with Crippen LogP contribution in [0.4, 0.5) is 4.39 Å². The minimum atomic E-state index is -0.801. The number of aromatic nitrogens is 5. The zero-order chi connectivity index (χ0) is 17.3. The highest BCUT2D eigenvalue weighted by Crippen LogP contribution is 2.28. The van der Waals surface area contributed by atoms with Crippen LogP contribution in [0.5, 0.6) is 0 Å². The molecule has 24 heavy (non-hydrogen) atoms. The first-order valence-corrected chi connectivity index (χ1v) is 7.88. The van der Waals surface area contributed by atoms with Gasteiger partial charge < -0.3 is 5.11 Å². The van der Waals surface area contributed by atoms with Gasteiger partial charge in [0.15, 0.2) is 5.82 Å². The average Bonchev–Trinajstić information content (AvgIpc) is 3.14. The molecule has 3 aromatic rings. The molecule has 1 N–H and O–H groups in total. The van der Waals surface area contributed by atoms with E-state index in [9.17, 15) is 9.50 Å². The molecule has 2 aromatic heterocycles. The Morgan fingerprint density at radius 1 is 1.33 bits per heavy atom. The lowest BCUT2D eigenvalue weighted by Gasteiger charge is -2.13. The van der Waals surface area contributed by atoms with Gasteiger partial charge in [0.1, 0.15) is 12.1 Å². The van der Waals surface area contributed by atoms with E-state index in [1.54, 1.807) is 17.7 Å². The first-order chi connectivity index (χ1) is 11.5. The van der Waals surface area contributed by atoms with E-state index in [0.29, 0.717) is 23.5 Å². The van der Waals surface area contributed by atoms with Crippen molar-refractivity contribution >= 4 is 0 Å². The van der Waals surface area contributed by atoms with Gasteiger partial charge >= 0.3 is 0 Å². The molecule has 0 saturated heterocycles. The van der Waals surface area contributed by atoms with E-state index in [0.717, 1.165) is 17.8 Å². The SMILES string of the molecule is CCn1cc(Cn2ncnc2-c2ccc(F)cc2[C@@H](C)O)c(C)n1. The Hall–Kier alpha value is -2.54. The predicted octanol–water partition coefficient (Wildman–Crippen LogP) is 2.71. The van der Waals surface area contributed by atoms with Gasteiger partial charge in [-0.3, -0.25) is 4.68 Å². The van der Waals surface area contributed by atoms with Crippen molar-refractivity contribution in [3.63, 3.8) is 0 Å². The van der Waals surface area contributed by atoms with E-state index in [1.807, 2.05) is 24.7 Å². The molecule has 0 aliphatic carbocycles. The van der Waals surface area contributed by atoms with Crippen LogP contribution in [0.2, 0.25) is 0 Å². The fourth-order valence-corrected chi connectivity index (χ4v) is 2.71. The second kappa shape index (κ2) is 6.52. The Bertz CT molecular complexity index is 853. The largest absolute Gasteiger partial charge is 0.389 e. The van der Waals surface area contributed by atoms with Crippen molar-refractivity contribution in [2.45, 2.75) is 40.0 Å². The maximum Gasteiger partial charge on any atom is 0.158 e. The molecule has 0 radical (unpaired) electrons. The summed E-state index contributed by atoms with van der Waals surface area (Å²) in [4.78, 5) is 4.30. The Balaban J connectivity index is 2.01. The molecule has 0 saturated carbocycles. The van der Waals surface area contributed by atoms with Crippen LogP contribution >= 0.6 is 0 Å². The summed E-state index contributed by atoms with van der Waals surface area (Å²) in [6.07, 6.45) is 2.65. The minimum Gasteiger partial charge on any atom is -0.389 e. The fraction of sp³-hybridized carbons (Fsp3) is 0.353. The zero-order valence-electron chi connectivity index (χ0n) is 13.9. The van der Waals surface area contributed by atoms with Crippen molar-refractivity contribution in [1.82, 2.24) is 24.5 Å². The van der Waals surface area contributed by atoms with Gasteiger partial charge in [-0.15, -0.1) is 0 Å². The van der Waals surface area contributed by atoms with Crippen molar-refractivity contribution in [1.29, 1.82) is 0 Å². The Morgan fingerprint density at radius 2 is 2.12 bits per heavy atom. The van der Waals surface area contributed by atoms with Crippen molar-refractivity contribution in [2.24, 2.45) is 0 Å². The lowest BCUT2D eigenvalue weighted by molar-refractivity contribution is 0.199. The fourth-order valence-electron chi connectivity index (χ4n) is 2.71. The lowest BCUT2D eigenvalue weighted by atomic mass is 10.0. The maximum absolute atomic E-state index is 13.5. The molecule has 126 valence electrons. The summed E-state index contributed by atoms with van der Waals surface area (Å²) in [6.45, 7) is 6.91. The average molecular weight is 329 g/mol. The van der Waals surface area contributed by atoms with Crippen LogP contribution in [0, 0.1) is 12.7 Å². The van der Waals surface area contributed by atoms with Crippen LogP contribution in [0.15, 0.2) is 30.7 Å². The van der Waals surface area contributed by atoms with Crippen molar-refractivity contribution < 1.29 is 9.50 Å². The third-order valence-corrected chi connectivity index (χ3v) is 4.01. The van der Waals surface area contributed by atoms with Gasteiger partial charge in [0, 0.05) is 23.9 Å². The minimum absolute atomic E-state index is 0.388. The lowest BCUT2D eigenvalue weighted by Crippen LogP contribution is -2.07. The van der Waals surface area contributed by atoms with Crippen LogP contribution in [0.1, 0.15) is 36.8 Å². The molecular formula is C17H20FN5O. The number of rotatable bonds is 5. The van der Waals surface area contributed by atoms with Gasteiger partial charge in [0.05, 0.1) is 18.3 Å². The molecule has 0 unspecified atom stereocenters. The van der Waals surface area contributed by atoms with E-state index in [2.05, 4.69) is 15.2 Å². The standard InChI is InChI=1S/C17H20FN5O/c1-4-22-8-13(11(2)21-22)9-23-17(19-10-20-23)15-6-5-14(18)7-16(15)12(3)24/h5-8,10,12,24H,4,9H2,1-3H3/t12-/m1/s1. The summed E-state index contributed by atoms with van der Waals surface area (Å²) in [6, 6.07) is 4.32. The molecule has 7 heteroatoms. The van der Waals surface area contributed by atoms with Crippen LogP contribution in [0.25, 0.3) is 11.4 Å². The van der Waals surface area contributed by atoms with Gasteiger partial charge in [-0.25, -0.2) is 14.1 Å². The monoisotopic (exact) mass is 329 g/mol. The van der Waals surface area contributed by atoms with Crippen LogP contribution in [0.3, 0.4) is 0 Å². The summed E-state index contributed by atoms with van der Waals surface area (Å²) in [5, 5.41) is 18.7. The summed E-state index contributed by atoms with van der Waals surface area (Å²) >= 11 is 0. The van der Waals surface area contributed by atoms with Crippen LogP contribution < -0.4 is 0 Å². The number of hydrogen-bond donors (Lipinski definition) is 1. The number of hydrogen-bond acceptors (Lipinski definition) is 4. The highest BCUT2D eigenvalue weighted by Gasteiger charge is 2.17. The highest BCUT2D eigenvalue weighted by molar-refractivity contribution is 5.61. The molecule has 6 nitrogen and oxygen atoms in total. The number of aryl methyl sites for hydroxylation is 2. The number of nitrogens with zero attached hydrogens (tertiary/aromatic N) is 5. The van der Waals surface area contributed by atoms with Gasteiger partial charge in [0.25, 0.3) is 0 Å². The quantitative estimate of drug-likeness (QED) is 0.781. The summed E-state index contributed by atoms with van der Waals surface area (Å²) in [5.74, 6) is 0.204. The molecule has 0 aliphatic heterocycles. The number of benzene rings is 1. The van der Waals surface area contributed by atoms with E-state index in [-0.39, 0.29) is 5.82 Å². The van der Waals surface area contributed by atoms with E-state index in [4.69, 9.17) is 0 Å². The molecule has 0 spiro atoms. The number of aliphatic hydroxyl groups excluding tert-OH is 1. The van der Waals surface area contributed by atoms with Gasteiger partial charge in [-0.2, -0.15) is 10.2 Å². The molecule has 2 heterocycles. The number of halogens is 1. The smallest absolute Gasteiger partial charge is 0.158 e. The van der Waals surface area contributed by atoms with Gasteiger partial charge in [-0.1, -0.05) is 0 Å². The second-order valence-electron chi connectivity index (χ2n) is 5.74. The Morgan fingerprint density at radius 3 is 2.79 bits per heavy atom. The third-order valence-electron chi connectivity index (χ3n) is 4.01. The molecule has 0 amide bonds. The molecule has 3 rings (SSSR count). The van der Waals surface area contributed by atoms with E-state index < -0.39 is 6.10 Å². The Kier molecular flexibility index (Phi) is 4.44. The topological polar surface area (TPSA) is 68.8 Å². The van der Waals surface area contributed by atoms with Crippen LogP contribution in [-0.2, 0) is 13.1 Å². The maximum atomic E-state index is 13.5. The molecule has 0 aliphatic rings. The first-order valence-electron chi connectivity index (χ1n) is 7.88. The predicted molar refractivity (Wildman–Crippen MR) is 87.8 cm³/mol. The molecular weight excluding hydrogens is 309 g/mol. The van der Waals surface area contributed by atoms with Gasteiger partial charge in [0.2, 0.25) is 0 Å². The summed E-state index contributed by atoms with van der Waals surface area (Å²) in [7, 11) is 0. The zero-order valence-corrected chi connectivity index (χ0v) is 13.9. The summed E-state index contributed by atoms with van der Waals surface area (Å²) < 4.78 is 17.1. The van der Waals surface area contributed by atoms with Crippen LogP contribution in [-0.4, -0.2) is 29.7 Å². The van der Waals surface area contributed by atoms with E-state index >= 15 is 0 Å². The molecule has 0 bridgehead atoms. The third kappa shape index (κ3) is 3.07. The number of aliphatic hydroxyl groups is 1. The second-order valence-corrected chi connectivity index (χ2v) is 5.74. The molecule has 0 fully saturated rings. The van der Waals surface area contributed by atoms with Gasteiger partial charge in [-0.05, 0) is 44.5 Å². The van der Waals surface area contributed by atoms with Crippen molar-refractivity contribution in [3.8, 4) is 11.4 Å². The normalized spacial score (nSPS) is 12.5.